The molecule has 0 spiro atoms. The van der Waals surface area contributed by atoms with Crippen molar-refractivity contribution in [2.75, 3.05) is 4.90 Å². The van der Waals surface area contributed by atoms with E-state index in [0.717, 1.165) is 61.0 Å². The Morgan fingerprint density at radius 3 is 1.80 bits per heavy atom. The smallest absolute Gasteiger partial charge is 0.227 e. The third kappa shape index (κ3) is 5.11. The van der Waals surface area contributed by atoms with Gasteiger partial charge in [-0.3, -0.25) is 0 Å². The maximum Gasteiger partial charge on any atom is 0.227 e. The first-order valence-electron chi connectivity index (χ1n) is 18.6. The molecule has 0 aliphatic heterocycles. The Balaban J connectivity index is 1.12. The molecule has 55 heavy (non-hydrogen) atoms. The van der Waals surface area contributed by atoms with Crippen molar-refractivity contribution < 1.29 is 4.42 Å². The first kappa shape index (κ1) is 31.1. The predicted octanol–water partition coefficient (Wildman–Crippen LogP) is 14.0. The van der Waals surface area contributed by atoms with Gasteiger partial charge in [0.15, 0.2) is 5.58 Å². The predicted molar refractivity (Wildman–Crippen MR) is 229 cm³/mol. The Labute approximate surface area is 317 Å². The average Bonchev–Trinajstić information content (AvgIpc) is 3.85. The van der Waals surface area contributed by atoms with Crippen LogP contribution in [0.15, 0.2) is 205 Å². The lowest BCUT2D eigenvalue weighted by Gasteiger charge is -2.27. The summed E-state index contributed by atoms with van der Waals surface area (Å²) in [5, 5.41) is 6.95. The van der Waals surface area contributed by atoms with Crippen LogP contribution in [0.3, 0.4) is 0 Å². The summed E-state index contributed by atoms with van der Waals surface area (Å²) >= 11 is 0. The number of hydrogen-bond acceptors (Lipinski definition) is 3. The van der Waals surface area contributed by atoms with E-state index in [0.29, 0.717) is 5.89 Å². The first-order chi connectivity index (χ1) is 27.3. The summed E-state index contributed by atoms with van der Waals surface area (Å²) in [5.41, 5.74) is 11.8. The van der Waals surface area contributed by atoms with Gasteiger partial charge in [-0.1, -0.05) is 121 Å². The largest absolute Gasteiger partial charge is 0.436 e. The second kappa shape index (κ2) is 12.6. The van der Waals surface area contributed by atoms with Crippen molar-refractivity contribution in [1.29, 1.82) is 0 Å². The van der Waals surface area contributed by atoms with Gasteiger partial charge in [0.2, 0.25) is 5.89 Å². The lowest BCUT2D eigenvalue weighted by atomic mass is 9.98. The van der Waals surface area contributed by atoms with Gasteiger partial charge >= 0.3 is 0 Å². The van der Waals surface area contributed by atoms with Crippen molar-refractivity contribution in [2.45, 2.75) is 0 Å². The highest BCUT2D eigenvalue weighted by atomic mass is 16.3. The zero-order valence-corrected chi connectivity index (χ0v) is 29.8. The highest BCUT2D eigenvalue weighted by Gasteiger charge is 2.20. The van der Waals surface area contributed by atoms with Crippen LogP contribution in [0.4, 0.5) is 17.1 Å². The Bertz CT molecular complexity index is 3180. The zero-order valence-electron chi connectivity index (χ0n) is 29.8. The number of aromatic nitrogens is 2. The highest BCUT2D eigenvalue weighted by molar-refractivity contribution is 6.19. The lowest BCUT2D eigenvalue weighted by molar-refractivity contribution is 0.620. The number of fused-ring (bicyclic) bond motifs is 8. The van der Waals surface area contributed by atoms with Crippen molar-refractivity contribution in [3.63, 3.8) is 0 Å². The maximum absolute atomic E-state index is 6.27. The number of oxazole rings is 1. The van der Waals surface area contributed by atoms with E-state index in [4.69, 9.17) is 9.40 Å². The molecule has 2 aromatic heterocycles. The van der Waals surface area contributed by atoms with Crippen molar-refractivity contribution in [2.24, 2.45) is 0 Å². The van der Waals surface area contributed by atoms with Crippen LogP contribution < -0.4 is 4.90 Å². The van der Waals surface area contributed by atoms with E-state index < -0.39 is 0 Å². The molecule has 0 radical (unpaired) electrons. The van der Waals surface area contributed by atoms with Crippen LogP contribution >= 0.6 is 0 Å². The maximum atomic E-state index is 6.27. The quantitative estimate of drug-likeness (QED) is 0.162. The molecule has 0 fully saturated rings. The Kier molecular flexibility index (Phi) is 7.14. The standard InChI is InChI=1S/C51H33N3O/c1-4-13-34(14-5-1)35-23-25-38(26-24-35)53(39-27-31-48-45(33-39)42-19-10-11-21-47(42)54(48)37-17-8-3-9-18-37)46-22-12-20-40-41-30-32-49-50(44(41)29-28-43(40)46)52-51(55-49)36-15-6-2-7-16-36/h1-33H. The third-order valence-corrected chi connectivity index (χ3v) is 10.8. The molecule has 9 aromatic carbocycles. The fourth-order valence-corrected chi connectivity index (χ4v) is 8.26. The molecular weight excluding hydrogens is 671 g/mol. The molecule has 11 rings (SSSR count). The minimum atomic E-state index is 0.631. The van der Waals surface area contributed by atoms with Crippen LogP contribution in [0.25, 0.3) is 82.7 Å². The van der Waals surface area contributed by atoms with E-state index in [1.54, 1.807) is 0 Å². The van der Waals surface area contributed by atoms with Crippen LogP contribution in [0, 0.1) is 0 Å². The van der Waals surface area contributed by atoms with Gasteiger partial charge in [-0.15, -0.1) is 0 Å². The van der Waals surface area contributed by atoms with E-state index >= 15 is 0 Å². The summed E-state index contributed by atoms with van der Waals surface area (Å²) in [5.74, 6) is 0.631. The van der Waals surface area contributed by atoms with Crippen LogP contribution in [0.1, 0.15) is 0 Å². The molecule has 4 heteroatoms. The van der Waals surface area contributed by atoms with Crippen LogP contribution in [-0.2, 0) is 0 Å². The number of hydrogen-bond donors (Lipinski definition) is 0. The van der Waals surface area contributed by atoms with Crippen molar-refractivity contribution in [1.82, 2.24) is 9.55 Å². The van der Waals surface area contributed by atoms with E-state index in [9.17, 15) is 0 Å². The first-order valence-corrected chi connectivity index (χ1v) is 18.6. The van der Waals surface area contributed by atoms with Gasteiger partial charge in [-0.05, 0) is 101 Å². The van der Waals surface area contributed by atoms with Gasteiger partial charge in [0.1, 0.15) is 5.52 Å². The SMILES string of the molecule is c1ccc(-c2ccc(N(c3ccc4c(c3)c3ccccc3n4-c3ccccc3)c3cccc4c3ccc3c4ccc4oc(-c5ccccc5)nc43)cc2)cc1. The van der Waals surface area contributed by atoms with Gasteiger partial charge in [-0.2, -0.15) is 0 Å². The molecule has 0 aliphatic rings. The van der Waals surface area contributed by atoms with Crippen LogP contribution in [-0.4, -0.2) is 9.55 Å². The summed E-state index contributed by atoms with van der Waals surface area (Å²) in [6, 6.07) is 71.1. The van der Waals surface area contributed by atoms with E-state index in [2.05, 4.69) is 179 Å². The molecule has 4 nitrogen and oxygen atoms in total. The second-order valence-electron chi connectivity index (χ2n) is 14.0. The number of anilines is 3. The van der Waals surface area contributed by atoms with Gasteiger partial charge < -0.3 is 13.9 Å². The van der Waals surface area contributed by atoms with Gasteiger partial charge in [0.05, 0.1) is 16.7 Å². The summed E-state index contributed by atoms with van der Waals surface area (Å²) in [7, 11) is 0. The third-order valence-electron chi connectivity index (χ3n) is 10.8. The molecule has 0 unspecified atom stereocenters. The van der Waals surface area contributed by atoms with E-state index in [1.165, 1.54) is 32.9 Å². The molecule has 0 N–H and O–H groups in total. The zero-order chi connectivity index (χ0) is 36.3. The molecular formula is C51H33N3O. The minimum absolute atomic E-state index is 0.631. The van der Waals surface area contributed by atoms with Crippen molar-refractivity contribution in [3.8, 4) is 28.3 Å². The van der Waals surface area contributed by atoms with Crippen molar-refractivity contribution in [3.05, 3.63) is 200 Å². The second-order valence-corrected chi connectivity index (χ2v) is 14.0. The fraction of sp³-hybridized carbons (Fsp3) is 0. The van der Waals surface area contributed by atoms with Crippen LogP contribution in [0.5, 0.6) is 0 Å². The van der Waals surface area contributed by atoms with E-state index in [-0.39, 0.29) is 0 Å². The average molecular weight is 704 g/mol. The molecule has 0 aliphatic carbocycles. The monoisotopic (exact) mass is 703 g/mol. The van der Waals surface area contributed by atoms with Crippen LogP contribution in [0.2, 0.25) is 0 Å². The Hall–Kier alpha value is -7.43. The highest BCUT2D eigenvalue weighted by Crippen LogP contribution is 2.44. The molecule has 0 saturated carbocycles. The van der Waals surface area contributed by atoms with Gasteiger partial charge in [0.25, 0.3) is 0 Å². The summed E-state index contributed by atoms with van der Waals surface area (Å²) in [6.07, 6.45) is 0. The van der Waals surface area contributed by atoms with Gasteiger partial charge in [-0.25, -0.2) is 4.98 Å². The molecule has 11 aromatic rings. The molecule has 0 amide bonds. The molecule has 2 heterocycles. The Morgan fingerprint density at radius 2 is 1.00 bits per heavy atom. The summed E-state index contributed by atoms with van der Waals surface area (Å²) < 4.78 is 8.63. The van der Waals surface area contributed by atoms with E-state index in [1.807, 2.05) is 30.3 Å². The molecule has 0 atom stereocenters. The lowest BCUT2D eigenvalue weighted by Crippen LogP contribution is -2.10. The van der Waals surface area contributed by atoms with Crippen molar-refractivity contribution >= 4 is 71.5 Å². The summed E-state index contributed by atoms with van der Waals surface area (Å²) in [4.78, 5) is 7.40. The summed E-state index contributed by atoms with van der Waals surface area (Å²) in [6.45, 7) is 0. The number of rotatable bonds is 6. The number of nitrogens with zero attached hydrogens (tertiary/aromatic N) is 3. The molecule has 0 bridgehead atoms. The number of benzene rings is 9. The minimum Gasteiger partial charge on any atom is -0.436 e. The Morgan fingerprint density at radius 1 is 0.400 bits per heavy atom. The number of para-hydroxylation sites is 2. The normalized spacial score (nSPS) is 11.6. The fourth-order valence-electron chi connectivity index (χ4n) is 8.26. The topological polar surface area (TPSA) is 34.2 Å². The molecule has 258 valence electrons. The molecule has 0 saturated heterocycles. The van der Waals surface area contributed by atoms with Gasteiger partial charge in [0, 0.05) is 44.2 Å².